The molecule has 1 saturated carbocycles. The molecule has 1 aliphatic rings. The van der Waals surface area contributed by atoms with E-state index in [4.69, 9.17) is 11.6 Å². The Bertz CT molecular complexity index is 1160. The molecule has 1 amide bonds. The first-order valence-corrected chi connectivity index (χ1v) is 11.3. The molecule has 156 valence electrons. The maximum atomic E-state index is 12.5. The predicted octanol–water partition coefficient (Wildman–Crippen LogP) is 2.79. The minimum absolute atomic E-state index is 0.00682. The molecule has 11 heteroatoms. The second-order valence-corrected chi connectivity index (χ2v) is 9.09. The van der Waals surface area contributed by atoms with Gasteiger partial charge in [0.2, 0.25) is 0 Å². The van der Waals surface area contributed by atoms with Gasteiger partial charge in [0.15, 0.2) is 0 Å². The summed E-state index contributed by atoms with van der Waals surface area (Å²) in [5, 5.41) is 15.1. The summed E-state index contributed by atoms with van der Waals surface area (Å²) < 4.78 is 27.4. The normalized spacial score (nSPS) is 14.6. The molecule has 4 rings (SSSR count). The van der Waals surface area contributed by atoms with Crippen molar-refractivity contribution in [3.8, 4) is 5.69 Å². The zero-order chi connectivity index (χ0) is 21.1. The predicted molar refractivity (Wildman–Crippen MR) is 111 cm³/mol. The van der Waals surface area contributed by atoms with E-state index in [0.717, 1.165) is 25.7 Å². The fraction of sp³-hybridized carbons (Fsp3) is 0.263. The molecule has 0 atom stereocenters. The summed E-state index contributed by atoms with van der Waals surface area (Å²) in [5.74, 6) is -0.355. The minimum atomic E-state index is -3.77. The number of tetrazole rings is 1. The van der Waals surface area contributed by atoms with Gasteiger partial charge in [-0.1, -0.05) is 30.5 Å². The van der Waals surface area contributed by atoms with Crippen molar-refractivity contribution in [3.05, 3.63) is 59.4 Å². The van der Waals surface area contributed by atoms with Crippen LogP contribution in [-0.4, -0.2) is 40.6 Å². The molecular weight excluding hydrogens is 428 g/mol. The summed E-state index contributed by atoms with van der Waals surface area (Å²) in [5.41, 5.74) is 0.895. The third-order valence-electron chi connectivity index (χ3n) is 4.76. The Morgan fingerprint density at radius 3 is 2.53 bits per heavy atom. The zero-order valence-electron chi connectivity index (χ0n) is 15.8. The van der Waals surface area contributed by atoms with Gasteiger partial charge in [-0.3, -0.25) is 9.52 Å². The Hall–Kier alpha value is -2.98. The lowest BCUT2D eigenvalue weighted by Crippen LogP contribution is -2.33. The number of aromatic nitrogens is 4. The largest absolute Gasteiger partial charge is 0.346 e. The molecule has 30 heavy (non-hydrogen) atoms. The molecule has 9 nitrogen and oxygen atoms in total. The molecule has 2 N–H and O–H groups in total. The number of anilines is 1. The topological polar surface area (TPSA) is 119 Å². The Balaban J connectivity index is 1.45. The Labute approximate surface area is 178 Å². The number of amides is 1. The van der Waals surface area contributed by atoms with Crippen molar-refractivity contribution in [1.29, 1.82) is 0 Å². The molecule has 0 unspecified atom stereocenters. The Morgan fingerprint density at radius 2 is 1.83 bits per heavy atom. The van der Waals surface area contributed by atoms with Gasteiger partial charge in [0.05, 0.1) is 10.6 Å². The SMILES string of the molecule is O=C(NC1CCCC1)c1nnn(-c2ccc(NS(=O)(=O)c3cccc(Cl)c3)cc2)n1. The fourth-order valence-corrected chi connectivity index (χ4v) is 4.60. The molecule has 0 saturated heterocycles. The summed E-state index contributed by atoms with van der Waals surface area (Å²) in [7, 11) is -3.77. The van der Waals surface area contributed by atoms with Gasteiger partial charge in [-0.25, -0.2) is 8.42 Å². The number of nitrogens with one attached hydrogen (secondary N) is 2. The van der Waals surface area contributed by atoms with Crippen LogP contribution in [0.2, 0.25) is 5.02 Å². The molecule has 1 aromatic heterocycles. The molecule has 3 aromatic rings. The van der Waals surface area contributed by atoms with E-state index < -0.39 is 10.0 Å². The van der Waals surface area contributed by atoms with E-state index in [9.17, 15) is 13.2 Å². The third-order valence-corrected chi connectivity index (χ3v) is 6.38. The Kier molecular flexibility index (Phi) is 5.69. The van der Waals surface area contributed by atoms with Crippen LogP contribution < -0.4 is 10.0 Å². The van der Waals surface area contributed by atoms with Gasteiger partial charge in [0, 0.05) is 16.8 Å². The standard InChI is InChI=1S/C19H19ClN6O3S/c20-13-4-3-7-17(12-13)30(28,29)24-15-8-10-16(11-9-15)26-23-18(22-25-26)19(27)21-14-5-1-2-6-14/h3-4,7-12,14,24H,1-2,5-6H2,(H,21,27). The van der Waals surface area contributed by atoms with Crippen LogP contribution in [0.3, 0.4) is 0 Å². The van der Waals surface area contributed by atoms with E-state index in [2.05, 4.69) is 25.4 Å². The number of carbonyl (C=O) groups is 1. The fourth-order valence-electron chi connectivity index (χ4n) is 3.25. The number of sulfonamides is 1. The van der Waals surface area contributed by atoms with E-state index in [1.54, 1.807) is 36.4 Å². The van der Waals surface area contributed by atoms with Crippen LogP contribution >= 0.6 is 11.6 Å². The van der Waals surface area contributed by atoms with Crippen molar-refractivity contribution in [2.24, 2.45) is 0 Å². The quantitative estimate of drug-likeness (QED) is 0.601. The third kappa shape index (κ3) is 4.60. The summed E-state index contributed by atoms with van der Waals surface area (Å²) >= 11 is 5.87. The lowest BCUT2D eigenvalue weighted by molar-refractivity contribution is 0.0927. The molecule has 1 aliphatic carbocycles. The zero-order valence-corrected chi connectivity index (χ0v) is 17.4. The highest BCUT2D eigenvalue weighted by Crippen LogP contribution is 2.20. The van der Waals surface area contributed by atoms with Gasteiger partial charge in [-0.15, -0.1) is 15.0 Å². The van der Waals surface area contributed by atoms with Crippen molar-refractivity contribution in [2.75, 3.05) is 4.72 Å². The number of carbonyl (C=O) groups excluding carboxylic acids is 1. The molecule has 0 aliphatic heterocycles. The summed E-state index contributed by atoms with van der Waals surface area (Å²) in [6.07, 6.45) is 4.15. The van der Waals surface area contributed by atoms with Crippen LogP contribution in [0.4, 0.5) is 5.69 Å². The molecule has 0 radical (unpaired) electrons. The molecule has 0 spiro atoms. The van der Waals surface area contributed by atoms with Crippen LogP contribution in [0, 0.1) is 0 Å². The van der Waals surface area contributed by atoms with Gasteiger partial charge in [0.1, 0.15) is 0 Å². The number of nitrogens with zero attached hydrogens (tertiary/aromatic N) is 4. The number of hydrogen-bond acceptors (Lipinski definition) is 6. The van der Waals surface area contributed by atoms with Crippen LogP contribution in [0.5, 0.6) is 0 Å². The summed E-state index contributed by atoms with van der Waals surface area (Å²) in [4.78, 5) is 13.5. The van der Waals surface area contributed by atoms with Gasteiger partial charge in [-0.2, -0.15) is 0 Å². The van der Waals surface area contributed by atoms with E-state index in [-0.39, 0.29) is 22.7 Å². The van der Waals surface area contributed by atoms with Crippen molar-refractivity contribution in [3.63, 3.8) is 0 Å². The maximum Gasteiger partial charge on any atom is 0.293 e. The average Bonchev–Trinajstić information content (AvgIpc) is 3.40. The van der Waals surface area contributed by atoms with Gasteiger partial charge >= 0.3 is 0 Å². The van der Waals surface area contributed by atoms with Crippen LogP contribution in [0.15, 0.2) is 53.4 Å². The lowest BCUT2D eigenvalue weighted by atomic mass is 10.2. The molecule has 1 fully saturated rings. The van der Waals surface area contributed by atoms with Crippen LogP contribution in [0.25, 0.3) is 5.69 Å². The molecule has 0 bridgehead atoms. The monoisotopic (exact) mass is 446 g/mol. The van der Waals surface area contributed by atoms with E-state index in [1.165, 1.54) is 16.9 Å². The lowest BCUT2D eigenvalue weighted by Gasteiger charge is -2.09. The van der Waals surface area contributed by atoms with Crippen molar-refractivity contribution < 1.29 is 13.2 Å². The Morgan fingerprint density at radius 1 is 1.10 bits per heavy atom. The highest BCUT2D eigenvalue weighted by Gasteiger charge is 2.21. The maximum absolute atomic E-state index is 12.5. The first kappa shape index (κ1) is 20.3. The highest BCUT2D eigenvalue weighted by atomic mass is 35.5. The van der Waals surface area contributed by atoms with Gasteiger partial charge < -0.3 is 5.32 Å². The van der Waals surface area contributed by atoms with Crippen LogP contribution in [0.1, 0.15) is 36.3 Å². The minimum Gasteiger partial charge on any atom is -0.346 e. The van der Waals surface area contributed by atoms with Crippen molar-refractivity contribution in [1.82, 2.24) is 25.5 Å². The smallest absolute Gasteiger partial charge is 0.293 e. The second kappa shape index (κ2) is 8.41. The summed E-state index contributed by atoms with van der Waals surface area (Å²) in [6.45, 7) is 0. The number of benzene rings is 2. The van der Waals surface area contributed by atoms with Crippen molar-refractivity contribution in [2.45, 2.75) is 36.6 Å². The van der Waals surface area contributed by atoms with E-state index in [1.807, 2.05) is 0 Å². The summed E-state index contributed by atoms with van der Waals surface area (Å²) in [6, 6.07) is 12.5. The number of halogens is 1. The second-order valence-electron chi connectivity index (χ2n) is 6.97. The molecule has 1 heterocycles. The number of hydrogen-bond donors (Lipinski definition) is 2. The van der Waals surface area contributed by atoms with Crippen LogP contribution in [-0.2, 0) is 10.0 Å². The number of rotatable bonds is 6. The van der Waals surface area contributed by atoms with Gasteiger partial charge in [-0.05, 0) is 60.5 Å². The first-order valence-electron chi connectivity index (χ1n) is 9.40. The molecule has 2 aromatic carbocycles. The average molecular weight is 447 g/mol. The van der Waals surface area contributed by atoms with E-state index >= 15 is 0 Å². The van der Waals surface area contributed by atoms with Crippen molar-refractivity contribution >= 4 is 33.2 Å². The van der Waals surface area contributed by atoms with Gasteiger partial charge in [0.25, 0.3) is 21.8 Å². The van der Waals surface area contributed by atoms with E-state index in [0.29, 0.717) is 16.4 Å². The first-order chi connectivity index (χ1) is 14.4. The highest BCUT2D eigenvalue weighted by molar-refractivity contribution is 7.92. The molecular formula is C19H19ClN6O3S.